The average Bonchev–Trinajstić information content (AvgIpc) is 2.95. The van der Waals surface area contributed by atoms with E-state index in [1.807, 2.05) is 18.2 Å². The maximum absolute atomic E-state index is 13.0. The second-order valence-corrected chi connectivity index (χ2v) is 9.34. The van der Waals surface area contributed by atoms with Gasteiger partial charge in [-0.15, -0.1) is 0 Å². The van der Waals surface area contributed by atoms with Crippen LogP contribution in [0, 0.1) is 22.7 Å². The Kier molecular flexibility index (Phi) is 4.40. The minimum atomic E-state index is -1.88. The van der Waals surface area contributed by atoms with E-state index in [-0.39, 0.29) is 25.2 Å². The highest BCUT2D eigenvalue weighted by molar-refractivity contribution is 5.96. The highest BCUT2D eigenvalue weighted by atomic mass is 16.6. The molecular weight excluding hydrogens is 416 g/mol. The van der Waals surface area contributed by atoms with E-state index in [1.165, 1.54) is 6.08 Å². The molecule has 1 aromatic carbocycles. The monoisotopic (exact) mass is 440 g/mol. The molecule has 2 aliphatic carbocycles. The molecule has 2 saturated heterocycles. The number of ketones is 1. The summed E-state index contributed by atoms with van der Waals surface area (Å²) in [4.78, 5) is 51.3. The summed E-state index contributed by atoms with van der Waals surface area (Å²) in [7, 11) is 0. The number of carbonyl (C=O) groups excluding carboxylic acids is 4. The molecular formula is C24H24O8. The fourth-order valence-electron chi connectivity index (χ4n) is 6.38. The van der Waals surface area contributed by atoms with E-state index in [4.69, 9.17) is 14.2 Å². The van der Waals surface area contributed by atoms with Gasteiger partial charge in [-0.2, -0.15) is 0 Å². The van der Waals surface area contributed by atoms with Crippen molar-refractivity contribution in [2.75, 3.05) is 6.61 Å². The van der Waals surface area contributed by atoms with Gasteiger partial charge >= 0.3 is 17.9 Å². The van der Waals surface area contributed by atoms with Gasteiger partial charge in [-0.05, 0) is 18.1 Å². The van der Waals surface area contributed by atoms with Crippen LogP contribution in [0.3, 0.4) is 0 Å². The zero-order chi connectivity index (χ0) is 22.9. The fourth-order valence-corrected chi connectivity index (χ4v) is 6.38. The molecule has 2 aliphatic heterocycles. The molecule has 0 radical (unpaired) electrons. The number of esters is 3. The third kappa shape index (κ3) is 2.36. The summed E-state index contributed by atoms with van der Waals surface area (Å²) in [6, 6.07) is 9.07. The molecule has 1 aromatic rings. The van der Waals surface area contributed by atoms with Crippen molar-refractivity contribution in [1.82, 2.24) is 0 Å². The first kappa shape index (κ1) is 20.9. The lowest BCUT2D eigenvalue weighted by atomic mass is 9.43. The predicted octanol–water partition coefficient (Wildman–Crippen LogP) is 1.45. The number of hydrogen-bond acceptors (Lipinski definition) is 8. The Morgan fingerprint density at radius 2 is 1.91 bits per heavy atom. The van der Waals surface area contributed by atoms with E-state index in [2.05, 4.69) is 0 Å². The number of ether oxygens (including phenoxy) is 3. The summed E-state index contributed by atoms with van der Waals surface area (Å²) in [6.07, 6.45) is 0.333. The van der Waals surface area contributed by atoms with Gasteiger partial charge in [0, 0.05) is 24.3 Å². The first-order chi connectivity index (χ1) is 15.2. The van der Waals surface area contributed by atoms with Crippen LogP contribution in [0.2, 0.25) is 0 Å². The number of benzene rings is 1. The number of Topliss-reactive ketones (excluding diaryl/α,β-unsaturated/α-hetero) is 1. The molecule has 168 valence electrons. The Morgan fingerprint density at radius 3 is 2.53 bits per heavy atom. The third-order valence-corrected chi connectivity index (χ3v) is 8.26. The molecule has 0 unspecified atom stereocenters. The van der Waals surface area contributed by atoms with Crippen LogP contribution >= 0.6 is 0 Å². The lowest BCUT2D eigenvalue weighted by molar-refractivity contribution is -0.322. The fraction of sp³-hybridized carbons (Fsp3) is 0.500. The quantitative estimate of drug-likeness (QED) is 0.427. The molecule has 1 N–H and O–H groups in total. The molecule has 2 heterocycles. The second kappa shape index (κ2) is 6.75. The zero-order valence-corrected chi connectivity index (χ0v) is 17.8. The van der Waals surface area contributed by atoms with Gasteiger partial charge in [-0.3, -0.25) is 9.59 Å². The maximum atomic E-state index is 13.0. The first-order valence-electron chi connectivity index (χ1n) is 10.7. The van der Waals surface area contributed by atoms with Crippen LogP contribution in [0.25, 0.3) is 6.08 Å². The molecule has 32 heavy (non-hydrogen) atoms. The number of rotatable bonds is 3. The van der Waals surface area contributed by atoms with Crippen LogP contribution in [0.15, 0.2) is 36.4 Å². The largest absolute Gasteiger partial charge is 0.464 e. The molecule has 5 rings (SSSR count). The van der Waals surface area contributed by atoms with E-state index < -0.39 is 58.4 Å². The topological polar surface area (TPSA) is 116 Å². The highest BCUT2D eigenvalue weighted by Gasteiger charge is 2.85. The van der Waals surface area contributed by atoms with Gasteiger partial charge in [0.1, 0.15) is 29.5 Å². The van der Waals surface area contributed by atoms with Gasteiger partial charge in [0.2, 0.25) is 6.10 Å². The molecule has 7 atom stereocenters. The smallest absolute Gasteiger partial charge is 0.348 e. The standard InChI is InChI=1S/C24H24O8/c1-13-16(25)10-24(29)22(13)11-17(14(2)23(24)12-30-21(23)28)31-20(27)19(22)32-18(26)9-8-15-6-4-3-5-7-15/h3-9,13-14,17,19,29H,10-12H2,1-2H3/t13-,14-,17-,19+,22+,23-,24-/m1/s1. The molecule has 4 fully saturated rings. The van der Waals surface area contributed by atoms with Gasteiger partial charge in [0.15, 0.2) is 0 Å². The molecule has 8 heteroatoms. The Balaban J connectivity index is 1.55. The number of fused-ring (bicyclic) bond motifs is 2. The van der Waals surface area contributed by atoms with Crippen molar-refractivity contribution in [3.05, 3.63) is 42.0 Å². The summed E-state index contributed by atoms with van der Waals surface area (Å²) in [5, 5.41) is 12.0. The van der Waals surface area contributed by atoms with Crippen molar-refractivity contribution in [2.24, 2.45) is 22.7 Å². The van der Waals surface area contributed by atoms with E-state index in [0.29, 0.717) is 0 Å². The van der Waals surface area contributed by atoms with Crippen molar-refractivity contribution >= 4 is 29.8 Å². The number of carbonyl (C=O) groups is 4. The molecule has 0 amide bonds. The SMILES string of the molecule is C[C@@H]1C(=O)C[C@@]2(O)[C@@]13C[C@@H](OC(=O)[C@@H]3OC(=O)C=Cc1ccccc1)[C@@H](C)[C@@]21COC1=O. The lowest BCUT2D eigenvalue weighted by Crippen LogP contribution is -2.80. The summed E-state index contributed by atoms with van der Waals surface area (Å²) in [5.41, 5.74) is -3.97. The Labute approximate surface area is 184 Å². The summed E-state index contributed by atoms with van der Waals surface area (Å²) < 4.78 is 16.2. The van der Waals surface area contributed by atoms with Crippen molar-refractivity contribution in [3.63, 3.8) is 0 Å². The maximum Gasteiger partial charge on any atom is 0.348 e. The third-order valence-electron chi connectivity index (χ3n) is 8.26. The average molecular weight is 440 g/mol. The van der Waals surface area contributed by atoms with Gasteiger partial charge in [0.25, 0.3) is 0 Å². The minimum Gasteiger partial charge on any atom is -0.464 e. The van der Waals surface area contributed by atoms with Gasteiger partial charge in [-0.25, -0.2) is 9.59 Å². The lowest BCUT2D eigenvalue weighted by Gasteiger charge is -2.66. The van der Waals surface area contributed by atoms with E-state index in [1.54, 1.807) is 32.1 Å². The molecule has 8 nitrogen and oxygen atoms in total. The van der Waals surface area contributed by atoms with E-state index in [9.17, 15) is 24.3 Å². The zero-order valence-electron chi connectivity index (χ0n) is 17.8. The Bertz CT molecular complexity index is 1050. The summed E-state index contributed by atoms with van der Waals surface area (Å²) in [5.74, 6) is -3.86. The number of cyclic esters (lactones) is 1. The van der Waals surface area contributed by atoms with Crippen molar-refractivity contribution in [1.29, 1.82) is 0 Å². The summed E-state index contributed by atoms with van der Waals surface area (Å²) >= 11 is 0. The van der Waals surface area contributed by atoms with Crippen LogP contribution in [0.4, 0.5) is 0 Å². The number of aliphatic hydroxyl groups is 1. The molecule has 2 spiro atoms. The predicted molar refractivity (Wildman–Crippen MR) is 109 cm³/mol. The number of hydrogen-bond donors (Lipinski definition) is 1. The summed E-state index contributed by atoms with van der Waals surface area (Å²) in [6.45, 7) is 3.26. The van der Waals surface area contributed by atoms with Crippen LogP contribution < -0.4 is 0 Å². The molecule has 2 bridgehead atoms. The Morgan fingerprint density at radius 1 is 1.19 bits per heavy atom. The Hall–Kier alpha value is -3.00. The molecule has 4 aliphatic rings. The minimum absolute atomic E-state index is 0.0755. The first-order valence-corrected chi connectivity index (χ1v) is 10.7. The van der Waals surface area contributed by atoms with Crippen LogP contribution in [0.1, 0.15) is 32.3 Å². The van der Waals surface area contributed by atoms with Crippen molar-refractivity contribution in [3.8, 4) is 0 Å². The van der Waals surface area contributed by atoms with Gasteiger partial charge in [0.05, 0.1) is 5.41 Å². The van der Waals surface area contributed by atoms with Gasteiger partial charge in [-0.1, -0.05) is 44.2 Å². The molecule has 2 saturated carbocycles. The van der Waals surface area contributed by atoms with E-state index in [0.717, 1.165) is 5.56 Å². The second-order valence-electron chi connectivity index (χ2n) is 9.34. The van der Waals surface area contributed by atoms with Crippen molar-refractivity contribution in [2.45, 2.75) is 44.5 Å². The van der Waals surface area contributed by atoms with Crippen LogP contribution in [0.5, 0.6) is 0 Å². The van der Waals surface area contributed by atoms with Gasteiger partial charge < -0.3 is 19.3 Å². The van der Waals surface area contributed by atoms with Crippen LogP contribution in [-0.4, -0.2) is 53.2 Å². The highest BCUT2D eigenvalue weighted by Crippen LogP contribution is 2.70. The normalized spacial score (nSPS) is 42.3. The van der Waals surface area contributed by atoms with E-state index >= 15 is 0 Å². The van der Waals surface area contributed by atoms with Crippen LogP contribution in [-0.2, 0) is 33.4 Å². The van der Waals surface area contributed by atoms with Crippen molar-refractivity contribution < 1.29 is 38.5 Å². The molecule has 0 aromatic heterocycles.